The molecule has 0 aliphatic carbocycles. The summed E-state index contributed by atoms with van der Waals surface area (Å²) in [6.45, 7) is 3.35. The Bertz CT molecular complexity index is 591. The molecule has 0 radical (unpaired) electrons. The van der Waals surface area contributed by atoms with E-state index in [-0.39, 0.29) is 11.7 Å². The zero-order chi connectivity index (χ0) is 13.2. The summed E-state index contributed by atoms with van der Waals surface area (Å²) in [5.74, 6) is 0.280. The number of nitrogens with zero attached hydrogens (tertiary/aromatic N) is 1. The summed E-state index contributed by atoms with van der Waals surface area (Å²) in [5, 5.41) is 0. The van der Waals surface area contributed by atoms with Crippen LogP contribution in [0.15, 0.2) is 54.6 Å². The molecule has 3 rings (SSSR count). The fraction of sp³-hybridized carbons (Fsp3) is 0.235. The predicted octanol–water partition coefficient (Wildman–Crippen LogP) is 3.38. The highest BCUT2D eigenvalue weighted by Gasteiger charge is 2.30. The Kier molecular flexibility index (Phi) is 3.08. The molecular formula is C17H17NO. The molecule has 0 amide bonds. The molecule has 0 saturated carbocycles. The van der Waals surface area contributed by atoms with Crippen molar-refractivity contribution >= 4 is 11.5 Å². The molecule has 2 nitrogen and oxygen atoms in total. The van der Waals surface area contributed by atoms with Gasteiger partial charge in [-0.3, -0.25) is 4.79 Å². The Hall–Kier alpha value is -2.09. The minimum absolute atomic E-state index is 0.0277. The highest BCUT2D eigenvalue weighted by Crippen LogP contribution is 2.37. The van der Waals surface area contributed by atoms with Crippen LogP contribution in [0.25, 0.3) is 0 Å². The van der Waals surface area contributed by atoms with Crippen molar-refractivity contribution in [2.24, 2.45) is 0 Å². The Labute approximate surface area is 113 Å². The summed E-state index contributed by atoms with van der Waals surface area (Å²) in [6.07, 6.45) is 0. The topological polar surface area (TPSA) is 20.3 Å². The quantitative estimate of drug-likeness (QED) is 0.833. The van der Waals surface area contributed by atoms with E-state index in [0.717, 1.165) is 13.1 Å². The third-order valence-electron chi connectivity index (χ3n) is 3.76. The van der Waals surface area contributed by atoms with Crippen LogP contribution in [0.2, 0.25) is 0 Å². The Morgan fingerprint density at radius 1 is 1.11 bits per heavy atom. The minimum atomic E-state index is 0.0277. The maximum atomic E-state index is 11.8. The molecule has 96 valence electrons. The molecule has 0 spiro atoms. The molecular weight excluding hydrogens is 234 g/mol. The van der Waals surface area contributed by atoms with Gasteiger partial charge in [0, 0.05) is 18.8 Å². The van der Waals surface area contributed by atoms with Gasteiger partial charge in [-0.25, -0.2) is 0 Å². The van der Waals surface area contributed by atoms with Crippen molar-refractivity contribution in [3.8, 4) is 0 Å². The fourth-order valence-electron chi connectivity index (χ4n) is 2.79. The van der Waals surface area contributed by atoms with Crippen molar-refractivity contribution in [1.82, 2.24) is 0 Å². The molecule has 19 heavy (non-hydrogen) atoms. The van der Waals surface area contributed by atoms with Gasteiger partial charge in [-0.2, -0.15) is 0 Å². The molecule has 1 unspecified atom stereocenters. The number of anilines is 1. The molecule has 0 N–H and O–H groups in total. The maximum absolute atomic E-state index is 11.8. The molecule has 2 aromatic carbocycles. The normalized spacial score (nSPS) is 17.3. The third kappa shape index (κ3) is 2.26. The highest BCUT2D eigenvalue weighted by molar-refractivity contribution is 5.88. The van der Waals surface area contributed by atoms with Gasteiger partial charge in [0.1, 0.15) is 5.78 Å². The summed E-state index contributed by atoms with van der Waals surface area (Å²) in [4.78, 5) is 14.1. The van der Waals surface area contributed by atoms with Crippen LogP contribution in [0.3, 0.4) is 0 Å². The van der Waals surface area contributed by atoms with Gasteiger partial charge < -0.3 is 4.90 Å². The number of hydrogen-bond acceptors (Lipinski definition) is 2. The Morgan fingerprint density at radius 3 is 2.53 bits per heavy atom. The van der Waals surface area contributed by atoms with Gasteiger partial charge in [0.15, 0.2) is 0 Å². The molecule has 2 heteroatoms. The number of hydrogen-bond donors (Lipinski definition) is 0. The Morgan fingerprint density at radius 2 is 1.79 bits per heavy atom. The minimum Gasteiger partial charge on any atom is -0.366 e. The molecule has 0 saturated heterocycles. The monoisotopic (exact) mass is 251 g/mol. The van der Waals surface area contributed by atoms with E-state index in [1.807, 2.05) is 18.2 Å². The van der Waals surface area contributed by atoms with E-state index >= 15 is 0 Å². The van der Waals surface area contributed by atoms with Crippen molar-refractivity contribution in [3.63, 3.8) is 0 Å². The number of rotatable bonds is 3. The maximum Gasteiger partial charge on any atom is 0.139 e. The van der Waals surface area contributed by atoms with Crippen molar-refractivity contribution in [2.75, 3.05) is 11.4 Å². The van der Waals surface area contributed by atoms with Crippen LogP contribution in [0.4, 0.5) is 5.69 Å². The summed E-state index contributed by atoms with van der Waals surface area (Å²) in [6, 6.07) is 18.6. The first kappa shape index (κ1) is 12.0. The second-order valence-corrected chi connectivity index (χ2v) is 5.09. The standard InChI is InChI=1S/C17H17NO/c1-13(19)16-12-18(11-14-7-3-2-4-8-14)17-10-6-5-9-15(16)17/h2-10,16H,11-12H2,1H3. The fourth-order valence-corrected chi connectivity index (χ4v) is 2.79. The largest absolute Gasteiger partial charge is 0.366 e. The van der Waals surface area contributed by atoms with Crippen LogP contribution in [0.5, 0.6) is 0 Å². The van der Waals surface area contributed by atoms with Crippen molar-refractivity contribution in [2.45, 2.75) is 19.4 Å². The van der Waals surface area contributed by atoms with Gasteiger partial charge in [0.2, 0.25) is 0 Å². The molecule has 0 bridgehead atoms. The van der Waals surface area contributed by atoms with Crippen molar-refractivity contribution in [3.05, 3.63) is 65.7 Å². The second-order valence-electron chi connectivity index (χ2n) is 5.09. The lowest BCUT2D eigenvalue weighted by Crippen LogP contribution is -2.23. The predicted molar refractivity (Wildman–Crippen MR) is 77.4 cm³/mol. The summed E-state index contributed by atoms with van der Waals surface area (Å²) in [7, 11) is 0. The van der Waals surface area contributed by atoms with Crippen LogP contribution in [0.1, 0.15) is 24.0 Å². The molecule has 0 aromatic heterocycles. The molecule has 1 heterocycles. The van der Waals surface area contributed by atoms with Gasteiger partial charge in [0.25, 0.3) is 0 Å². The molecule has 1 aliphatic rings. The first-order valence-corrected chi connectivity index (χ1v) is 6.64. The van der Waals surface area contributed by atoms with Crippen LogP contribution < -0.4 is 4.90 Å². The van der Waals surface area contributed by atoms with Crippen LogP contribution in [0, 0.1) is 0 Å². The Balaban J connectivity index is 1.91. The van der Waals surface area contributed by atoms with E-state index < -0.39 is 0 Å². The number of benzene rings is 2. The van der Waals surface area contributed by atoms with Crippen LogP contribution in [-0.2, 0) is 11.3 Å². The number of carbonyl (C=O) groups is 1. The second kappa shape index (κ2) is 4.88. The number of ketones is 1. The van der Waals surface area contributed by atoms with Crippen LogP contribution >= 0.6 is 0 Å². The first-order valence-electron chi connectivity index (χ1n) is 6.64. The SMILES string of the molecule is CC(=O)C1CN(Cc2ccccc2)c2ccccc21. The smallest absolute Gasteiger partial charge is 0.139 e. The lowest BCUT2D eigenvalue weighted by molar-refractivity contribution is -0.118. The number of para-hydroxylation sites is 1. The van der Waals surface area contributed by atoms with Gasteiger partial charge in [-0.15, -0.1) is 0 Å². The van der Waals surface area contributed by atoms with Gasteiger partial charge >= 0.3 is 0 Å². The van der Waals surface area contributed by atoms with Gasteiger partial charge in [-0.05, 0) is 24.1 Å². The lowest BCUT2D eigenvalue weighted by Gasteiger charge is -2.19. The average molecular weight is 251 g/mol. The van der Waals surface area contributed by atoms with Gasteiger partial charge in [0.05, 0.1) is 5.92 Å². The van der Waals surface area contributed by atoms with Gasteiger partial charge in [-0.1, -0.05) is 48.5 Å². The lowest BCUT2D eigenvalue weighted by atomic mass is 9.98. The molecule has 1 aliphatic heterocycles. The van der Waals surface area contributed by atoms with E-state index in [2.05, 4.69) is 41.3 Å². The van der Waals surface area contributed by atoms with E-state index in [1.165, 1.54) is 16.8 Å². The first-order chi connectivity index (χ1) is 9.25. The number of fused-ring (bicyclic) bond motifs is 1. The van der Waals surface area contributed by atoms with E-state index in [0.29, 0.717) is 0 Å². The summed E-state index contributed by atoms with van der Waals surface area (Å²) < 4.78 is 0. The van der Waals surface area contributed by atoms with Crippen molar-refractivity contribution < 1.29 is 4.79 Å². The van der Waals surface area contributed by atoms with E-state index in [4.69, 9.17) is 0 Å². The summed E-state index contributed by atoms with van der Waals surface area (Å²) in [5.41, 5.74) is 3.65. The van der Waals surface area contributed by atoms with E-state index in [9.17, 15) is 4.79 Å². The average Bonchev–Trinajstić information content (AvgIpc) is 2.79. The molecule has 2 aromatic rings. The van der Waals surface area contributed by atoms with Crippen LogP contribution in [-0.4, -0.2) is 12.3 Å². The molecule has 0 fully saturated rings. The zero-order valence-electron chi connectivity index (χ0n) is 11.0. The van der Waals surface area contributed by atoms with Crippen molar-refractivity contribution in [1.29, 1.82) is 0 Å². The summed E-state index contributed by atoms with van der Waals surface area (Å²) >= 11 is 0. The number of Topliss-reactive ketones (excluding diaryl/α,β-unsaturated/α-hetero) is 1. The van der Waals surface area contributed by atoms with E-state index in [1.54, 1.807) is 6.92 Å². The highest BCUT2D eigenvalue weighted by atomic mass is 16.1. The zero-order valence-corrected chi connectivity index (χ0v) is 11.0. The molecule has 1 atom stereocenters. The number of carbonyl (C=O) groups excluding carboxylic acids is 1. The third-order valence-corrected chi connectivity index (χ3v) is 3.76.